The lowest BCUT2D eigenvalue weighted by Gasteiger charge is -2.25. The largest absolute Gasteiger partial charge is 0.436 e. The molecule has 1 aliphatic rings. The van der Waals surface area contributed by atoms with Crippen LogP contribution < -0.4 is 5.32 Å². The standard InChI is InChI=1S/C35H24N4O/c1-4-12-23(13-5-1)28-22-33(38-34(36-28)24-14-6-2-7-15-24)39-30-19-11-10-18-26(30)27-20-32-29(21-31(27)39)37-35(40-32)25-16-8-3-9-17-25/h1-22,34,36H. The van der Waals surface area contributed by atoms with Gasteiger partial charge in [0.05, 0.1) is 11.0 Å². The molecule has 0 aliphatic carbocycles. The summed E-state index contributed by atoms with van der Waals surface area (Å²) in [6.07, 6.45) is 1.91. The van der Waals surface area contributed by atoms with E-state index in [4.69, 9.17) is 14.4 Å². The quantitative estimate of drug-likeness (QED) is 0.258. The van der Waals surface area contributed by atoms with Gasteiger partial charge in [0.25, 0.3) is 0 Å². The Labute approximate surface area is 230 Å². The predicted octanol–water partition coefficient (Wildman–Crippen LogP) is 8.19. The highest BCUT2D eigenvalue weighted by Gasteiger charge is 2.23. The molecule has 2 aromatic heterocycles. The fourth-order valence-corrected chi connectivity index (χ4v) is 5.56. The Morgan fingerprint density at radius 2 is 1.32 bits per heavy atom. The second-order valence-corrected chi connectivity index (χ2v) is 9.94. The molecule has 0 bridgehead atoms. The van der Waals surface area contributed by atoms with E-state index in [-0.39, 0.29) is 6.17 Å². The minimum absolute atomic E-state index is 0.229. The second kappa shape index (κ2) is 9.10. The molecule has 40 heavy (non-hydrogen) atoms. The Bertz CT molecular complexity index is 2070. The van der Waals surface area contributed by atoms with Crippen LogP contribution in [0.2, 0.25) is 0 Å². The van der Waals surface area contributed by atoms with Crippen molar-refractivity contribution < 1.29 is 4.42 Å². The Morgan fingerprint density at radius 3 is 2.10 bits per heavy atom. The number of aliphatic imine (C=N–C) groups is 1. The van der Waals surface area contributed by atoms with Crippen LogP contribution in [-0.2, 0) is 0 Å². The zero-order valence-electron chi connectivity index (χ0n) is 21.5. The summed E-state index contributed by atoms with van der Waals surface area (Å²) in [5.41, 5.74) is 7.92. The van der Waals surface area contributed by atoms with Crippen molar-refractivity contribution in [3.8, 4) is 11.5 Å². The summed E-state index contributed by atoms with van der Waals surface area (Å²) < 4.78 is 8.49. The van der Waals surface area contributed by atoms with Gasteiger partial charge in [0.15, 0.2) is 5.58 Å². The summed E-state index contributed by atoms with van der Waals surface area (Å²) in [4.78, 5) is 10.1. The first-order valence-corrected chi connectivity index (χ1v) is 13.4. The molecule has 1 unspecified atom stereocenters. The fourth-order valence-electron chi connectivity index (χ4n) is 5.56. The van der Waals surface area contributed by atoms with Crippen LogP contribution in [0.1, 0.15) is 17.3 Å². The third-order valence-corrected chi connectivity index (χ3v) is 7.46. The molecule has 0 saturated heterocycles. The summed E-state index contributed by atoms with van der Waals surface area (Å²) in [7, 11) is 0. The number of aromatic nitrogens is 2. The summed E-state index contributed by atoms with van der Waals surface area (Å²) in [6, 6.07) is 43.5. The maximum absolute atomic E-state index is 6.24. The van der Waals surface area contributed by atoms with E-state index < -0.39 is 0 Å². The summed E-state index contributed by atoms with van der Waals surface area (Å²) >= 11 is 0. The third kappa shape index (κ3) is 3.71. The van der Waals surface area contributed by atoms with Crippen LogP contribution in [0.15, 0.2) is 143 Å². The van der Waals surface area contributed by atoms with E-state index in [0.29, 0.717) is 5.89 Å². The molecule has 0 fully saturated rings. The zero-order valence-corrected chi connectivity index (χ0v) is 21.5. The molecule has 1 aliphatic heterocycles. The average molecular weight is 517 g/mol. The molecule has 1 atom stereocenters. The van der Waals surface area contributed by atoms with Crippen molar-refractivity contribution in [2.45, 2.75) is 6.17 Å². The molecule has 5 nitrogen and oxygen atoms in total. The monoisotopic (exact) mass is 516 g/mol. The number of nitrogens with one attached hydrogen (secondary N) is 1. The van der Waals surface area contributed by atoms with Gasteiger partial charge in [0, 0.05) is 28.1 Å². The van der Waals surface area contributed by atoms with Crippen LogP contribution in [0.4, 0.5) is 0 Å². The van der Waals surface area contributed by atoms with Crippen molar-refractivity contribution in [2.75, 3.05) is 0 Å². The second-order valence-electron chi connectivity index (χ2n) is 9.94. The molecule has 0 amide bonds. The van der Waals surface area contributed by atoms with E-state index in [0.717, 1.165) is 61.1 Å². The SMILES string of the molecule is C1=C(c2ccccc2)NC(c2ccccc2)N=C1n1c2ccccc2c2cc3oc(-c4ccccc4)nc3cc21. The van der Waals surface area contributed by atoms with Crippen molar-refractivity contribution in [3.63, 3.8) is 0 Å². The number of allylic oxidation sites excluding steroid dienone is 1. The van der Waals surface area contributed by atoms with Crippen molar-refractivity contribution in [1.82, 2.24) is 14.9 Å². The molecule has 5 aromatic carbocycles. The van der Waals surface area contributed by atoms with Gasteiger partial charge in [0.2, 0.25) is 5.89 Å². The maximum atomic E-state index is 6.24. The van der Waals surface area contributed by atoms with Gasteiger partial charge < -0.3 is 9.73 Å². The van der Waals surface area contributed by atoms with E-state index in [1.54, 1.807) is 0 Å². The molecule has 0 spiro atoms. The minimum Gasteiger partial charge on any atom is -0.436 e. The van der Waals surface area contributed by atoms with E-state index in [1.807, 2.05) is 42.5 Å². The first kappa shape index (κ1) is 22.6. The minimum atomic E-state index is -0.229. The lowest BCUT2D eigenvalue weighted by molar-refractivity contribution is 0.620. The molecule has 5 heteroatoms. The molecule has 1 N–H and O–H groups in total. The highest BCUT2D eigenvalue weighted by atomic mass is 16.3. The Kier molecular flexibility index (Phi) is 5.13. The smallest absolute Gasteiger partial charge is 0.227 e. The number of nitrogens with zero attached hydrogens (tertiary/aromatic N) is 3. The predicted molar refractivity (Wildman–Crippen MR) is 162 cm³/mol. The lowest BCUT2D eigenvalue weighted by atomic mass is 10.1. The van der Waals surface area contributed by atoms with Gasteiger partial charge in [-0.05, 0) is 41.5 Å². The number of hydrogen-bond donors (Lipinski definition) is 1. The average Bonchev–Trinajstić information content (AvgIpc) is 3.59. The Morgan fingerprint density at radius 1 is 0.650 bits per heavy atom. The number of fused-ring (bicyclic) bond motifs is 4. The van der Waals surface area contributed by atoms with Gasteiger partial charge in [-0.3, -0.25) is 4.57 Å². The van der Waals surface area contributed by atoms with Crippen LogP contribution in [0.25, 0.3) is 50.1 Å². The highest BCUT2D eigenvalue weighted by Crippen LogP contribution is 2.35. The van der Waals surface area contributed by atoms with Crippen molar-refractivity contribution >= 4 is 44.4 Å². The molecule has 7 aromatic rings. The number of oxazole rings is 1. The molecule has 0 saturated carbocycles. The Hall–Kier alpha value is -5.42. The van der Waals surface area contributed by atoms with Crippen LogP contribution in [-0.4, -0.2) is 15.4 Å². The van der Waals surface area contributed by atoms with Gasteiger partial charge >= 0.3 is 0 Å². The third-order valence-electron chi connectivity index (χ3n) is 7.46. The molecule has 0 radical (unpaired) electrons. The van der Waals surface area contributed by atoms with Crippen molar-refractivity contribution in [1.29, 1.82) is 0 Å². The molecular weight excluding hydrogens is 492 g/mol. The van der Waals surface area contributed by atoms with E-state index >= 15 is 0 Å². The number of rotatable bonds is 3. The molecule has 3 heterocycles. The maximum Gasteiger partial charge on any atom is 0.227 e. The van der Waals surface area contributed by atoms with Gasteiger partial charge in [-0.25, -0.2) is 9.98 Å². The topological polar surface area (TPSA) is 55.4 Å². The normalized spacial score (nSPS) is 15.2. The number of hydrogen-bond acceptors (Lipinski definition) is 4. The van der Waals surface area contributed by atoms with E-state index in [1.165, 1.54) is 0 Å². The first-order valence-electron chi connectivity index (χ1n) is 13.4. The lowest BCUT2D eigenvalue weighted by Crippen LogP contribution is -2.27. The van der Waals surface area contributed by atoms with Crippen molar-refractivity contribution in [3.05, 3.63) is 145 Å². The van der Waals surface area contributed by atoms with E-state index in [2.05, 4.69) is 101 Å². The first-order chi connectivity index (χ1) is 19.8. The highest BCUT2D eigenvalue weighted by molar-refractivity contribution is 6.19. The van der Waals surface area contributed by atoms with Gasteiger partial charge in [-0.2, -0.15) is 0 Å². The van der Waals surface area contributed by atoms with Crippen LogP contribution in [0.5, 0.6) is 0 Å². The molecule has 190 valence electrons. The zero-order chi connectivity index (χ0) is 26.5. The molecular formula is C35H24N4O. The van der Waals surface area contributed by atoms with Crippen LogP contribution >= 0.6 is 0 Å². The summed E-state index contributed by atoms with van der Waals surface area (Å²) in [5.74, 6) is 1.48. The van der Waals surface area contributed by atoms with Gasteiger partial charge in [-0.15, -0.1) is 0 Å². The van der Waals surface area contributed by atoms with Crippen LogP contribution in [0.3, 0.4) is 0 Å². The fraction of sp³-hybridized carbons (Fsp3) is 0.0286. The Balaban J connectivity index is 1.38. The number of benzene rings is 5. The van der Waals surface area contributed by atoms with Gasteiger partial charge in [0.1, 0.15) is 17.5 Å². The number of para-hydroxylation sites is 1. The van der Waals surface area contributed by atoms with Crippen LogP contribution in [0, 0.1) is 0 Å². The van der Waals surface area contributed by atoms with Gasteiger partial charge in [-0.1, -0.05) is 97.1 Å². The van der Waals surface area contributed by atoms with Crippen molar-refractivity contribution in [2.24, 2.45) is 4.99 Å². The van der Waals surface area contributed by atoms with E-state index in [9.17, 15) is 0 Å². The summed E-state index contributed by atoms with van der Waals surface area (Å²) in [5, 5.41) is 5.90. The summed E-state index contributed by atoms with van der Waals surface area (Å²) in [6.45, 7) is 0. The molecule has 8 rings (SSSR count).